The van der Waals surface area contributed by atoms with Gasteiger partial charge in [-0.15, -0.1) is 0 Å². The molecule has 3 nitrogen and oxygen atoms in total. The van der Waals surface area contributed by atoms with Crippen molar-refractivity contribution in [3.05, 3.63) is 29.3 Å². The van der Waals surface area contributed by atoms with E-state index in [-0.39, 0.29) is 11.3 Å². The SMILES string of the molecule is CCCCOCN(C(C)=O)c1c(C)cccc1C(C)(C)C. The lowest BCUT2D eigenvalue weighted by atomic mass is 9.84. The van der Waals surface area contributed by atoms with E-state index in [9.17, 15) is 4.79 Å². The number of hydrogen-bond acceptors (Lipinski definition) is 2. The minimum absolute atomic E-state index is 0.0154. The molecule has 0 bridgehead atoms. The van der Waals surface area contributed by atoms with Crippen molar-refractivity contribution in [1.82, 2.24) is 0 Å². The van der Waals surface area contributed by atoms with Crippen LogP contribution in [0.3, 0.4) is 0 Å². The lowest BCUT2D eigenvalue weighted by Crippen LogP contribution is -2.34. The van der Waals surface area contributed by atoms with E-state index < -0.39 is 0 Å². The van der Waals surface area contributed by atoms with Crippen LogP contribution >= 0.6 is 0 Å². The molecule has 0 saturated heterocycles. The van der Waals surface area contributed by atoms with Gasteiger partial charge in [0, 0.05) is 13.5 Å². The van der Waals surface area contributed by atoms with Gasteiger partial charge in [-0.2, -0.15) is 0 Å². The molecule has 3 heteroatoms. The number of carbonyl (C=O) groups is 1. The molecule has 0 saturated carbocycles. The van der Waals surface area contributed by atoms with Gasteiger partial charge in [0.1, 0.15) is 6.73 Å². The number of unbranched alkanes of at least 4 members (excludes halogenated alkanes) is 1. The van der Waals surface area contributed by atoms with Gasteiger partial charge in [-0.3, -0.25) is 9.69 Å². The summed E-state index contributed by atoms with van der Waals surface area (Å²) in [5.41, 5.74) is 3.26. The highest BCUT2D eigenvalue weighted by atomic mass is 16.5. The molecule has 0 fully saturated rings. The normalized spacial score (nSPS) is 11.5. The Balaban J connectivity index is 3.10. The Morgan fingerprint density at radius 3 is 2.48 bits per heavy atom. The lowest BCUT2D eigenvalue weighted by molar-refractivity contribution is -0.117. The lowest BCUT2D eigenvalue weighted by Gasteiger charge is -2.31. The van der Waals surface area contributed by atoms with Crippen molar-refractivity contribution in [3.8, 4) is 0 Å². The van der Waals surface area contributed by atoms with Gasteiger partial charge in [-0.1, -0.05) is 52.3 Å². The fourth-order valence-electron chi connectivity index (χ4n) is 2.34. The molecular formula is C18H29NO2. The molecule has 0 spiro atoms. The predicted octanol–water partition coefficient (Wildman–Crippen LogP) is 4.42. The second-order valence-electron chi connectivity index (χ2n) is 6.56. The summed E-state index contributed by atoms with van der Waals surface area (Å²) in [6, 6.07) is 6.20. The summed E-state index contributed by atoms with van der Waals surface area (Å²) in [5, 5.41) is 0. The second kappa shape index (κ2) is 7.60. The van der Waals surface area contributed by atoms with E-state index in [0.29, 0.717) is 13.3 Å². The van der Waals surface area contributed by atoms with Crippen molar-refractivity contribution in [2.45, 2.75) is 59.8 Å². The maximum Gasteiger partial charge on any atom is 0.225 e. The molecule has 0 aromatic heterocycles. The minimum atomic E-state index is -0.0154. The van der Waals surface area contributed by atoms with Crippen LogP contribution < -0.4 is 4.90 Å². The maximum atomic E-state index is 12.1. The Hall–Kier alpha value is -1.35. The average molecular weight is 291 g/mol. The Morgan fingerprint density at radius 1 is 1.29 bits per heavy atom. The van der Waals surface area contributed by atoms with E-state index in [4.69, 9.17) is 4.74 Å². The van der Waals surface area contributed by atoms with Crippen LogP contribution in [0.5, 0.6) is 0 Å². The number of carbonyl (C=O) groups excluding carboxylic acids is 1. The molecule has 0 radical (unpaired) electrons. The van der Waals surface area contributed by atoms with Crippen LogP contribution in [-0.4, -0.2) is 19.2 Å². The molecule has 0 N–H and O–H groups in total. The van der Waals surface area contributed by atoms with Gasteiger partial charge >= 0.3 is 0 Å². The molecule has 1 amide bonds. The zero-order valence-corrected chi connectivity index (χ0v) is 14.3. The molecule has 21 heavy (non-hydrogen) atoms. The van der Waals surface area contributed by atoms with E-state index in [1.54, 1.807) is 11.8 Å². The van der Waals surface area contributed by atoms with Gasteiger partial charge in [0.25, 0.3) is 0 Å². The molecule has 1 aromatic rings. The molecule has 0 aliphatic carbocycles. The largest absolute Gasteiger partial charge is 0.361 e. The van der Waals surface area contributed by atoms with Crippen LogP contribution in [0.25, 0.3) is 0 Å². The first-order chi connectivity index (χ1) is 9.79. The maximum absolute atomic E-state index is 12.1. The number of ether oxygens (including phenoxy) is 1. The number of rotatable bonds is 6. The topological polar surface area (TPSA) is 29.5 Å². The fraction of sp³-hybridized carbons (Fsp3) is 0.611. The van der Waals surface area contributed by atoms with E-state index in [1.807, 2.05) is 13.0 Å². The van der Waals surface area contributed by atoms with Crippen molar-refractivity contribution in [1.29, 1.82) is 0 Å². The van der Waals surface area contributed by atoms with Crippen LogP contribution in [0, 0.1) is 6.92 Å². The summed E-state index contributed by atoms with van der Waals surface area (Å²) in [6.45, 7) is 13.3. The van der Waals surface area contributed by atoms with Gasteiger partial charge in [0.15, 0.2) is 0 Å². The van der Waals surface area contributed by atoms with Crippen molar-refractivity contribution < 1.29 is 9.53 Å². The minimum Gasteiger partial charge on any atom is -0.361 e. The number of anilines is 1. The van der Waals surface area contributed by atoms with E-state index >= 15 is 0 Å². The molecular weight excluding hydrogens is 262 g/mol. The van der Waals surface area contributed by atoms with Gasteiger partial charge in [0.2, 0.25) is 5.91 Å². The molecule has 0 atom stereocenters. The van der Waals surface area contributed by atoms with Gasteiger partial charge < -0.3 is 4.74 Å². The predicted molar refractivity (Wildman–Crippen MR) is 88.8 cm³/mol. The molecule has 0 unspecified atom stereocenters. The summed E-state index contributed by atoms with van der Waals surface area (Å²) in [4.78, 5) is 13.8. The van der Waals surface area contributed by atoms with Crippen molar-refractivity contribution in [2.75, 3.05) is 18.2 Å². The standard InChI is InChI=1S/C18H29NO2/c1-7-8-12-21-13-19(15(3)20)17-14(2)10-9-11-16(17)18(4,5)6/h9-11H,7-8,12-13H2,1-6H3. The molecule has 1 rings (SSSR count). The average Bonchev–Trinajstić information content (AvgIpc) is 2.38. The number of amides is 1. The molecule has 0 aliphatic rings. The zero-order chi connectivity index (χ0) is 16.0. The third kappa shape index (κ3) is 4.85. The number of aryl methyl sites for hydroxylation is 1. The Labute approximate surface area is 129 Å². The van der Waals surface area contributed by atoms with Crippen LogP contribution in [0.1, 0.15) is 58.6 Å². The highest BCUT2D eigenvalue weighted by Gasteiger charge is 2.24. The molecule has 118 valence electrons. The van der Waals surface area contributed by atoms with Gasteiger partial charge in [-0.05, 0) is 29.9 Å². The molecule has 1 aromatic carbocycles. The summed E-state index contributed by atoms with van der Waals surface area (Å²) < 4.78 is 5.68. The third-order valence-corrected chi connectivity index (χ3v) is 3.56. The van der Waals surface area contributed by atoms with Gasteiger partial charge in [-0.25, -0.2) is 0 Å². The Bertz CT molecular complexity index is 475. The van der Waals surface area contributed by atoms with Crippen LogP contribution in [0.2, 0.25) is 0 Å². The first-order valence-corrected chi connectivity index (χ1v) is 7.75. The van der Waals surface area contributed by atoms with Crippen molar-refractivity contribution in [3.63, 3.8) is 0 Å². The first kappa shape index (κ1) is 17.7. The number of para-hydroxylation sites is 1. The van der Waals surface area contributed by atoms with Crippen molar-refractivity contribution in [2.24, 2.45) is 0 Å². The quantitative estimate of drug-likeness (QED) is 0.573. The van der Waals surface area contributed by atoms with Crippen LogP contribution in [0.15, 0.2) is 18.2 Å². The Kier molecular flexibility index (Phi) is 6.41. The van der Waals surface area contributed by atoms with E-state index in [1.165, 1.54) is 5.56 Å². The van der Waals surface area contributed by atoms with Gasteiger partial charge in [0.05, 0.1) is 5.69 Å². The van der Waals surface area contributed by atoms with E-state index in [2.05, 4.69) is 39.8 Å². The number of benzene rings is 1. The van der Waals surface area contributed by atoms with Crippen LogP contribution in [-0.2, 0) is 14.9 Å². The highest BCUT2D eigenvalue weighted by molar-refractivity contribution is 5.93. The molecule has 0 aliphatic heterocycles. The Morgan fingerprint density at radius 2 is 1.95 bits per heavy atom. The summed E-state index contributed by atoms with van der Waals surface area (Å²) in [7, 11) is 0. The fourth-order valence-corrected chi connectivity index (χ4v) is 2.34. The van der Waals surface area contributed by atoms with Crippen molar-refractivity contribution >= 4 is 11.6 Å². The zero-order valence-electron chi connectivity index (χ0n) is 14.3. The van der Waals surface area contributed by atoms with Crippen LogP contribution in [0.4, 0.5) is 5.69 Å². The summed E-state index contributed by atoms with van der Waals surface area (Å²) in [6.07, 6.45) is 2.11. The third-order valence-electron chi connectivity index (χ3n) is 3.56. The van der Waals surface area contributed by atoms with E-state index in [0.717, 1.165) is 24.1 Å². The summed E-state index contributed by atoms with van der Waals surface area (Å²) in [5.74, 6) is 0.0197. The smallest absolute Gasteiger partial charge is 0.225 e. The monoisotopic (exact) mass is 291 g/mol. The summed E-state index contributed by atoms with van der Waals surface area (Å²) >= 11 is 0. The number of nitrogens with zero attached hydrogens (tertiary/aromatic N) is 1. The second-order valence-corrected chi connectivity index (χ2v) is 6.56. The first-order valence-electron chi connectivity index (χ1n) is 7.75. The number of hydrogen-bond donors (Lipinski definition) is 0. The highest BCUT2D eigenvalue weighted by Crippen LogP contribution is 2.34. The molecule has 0 heterocycles.